The van der Waals surface area contributed by atoms with Crippen LogP contribution in [0.3, 0.4) is 0 Å². The summed E-state index contributed by atoms with van der Waals surface area (Å²) < 4.78 is 2.07. The fraction of sp³-hybridized carbons (Fsp3) is 0.500. The molecule has 0 aromatic carbocycles. The molecule has 0 bridgehead atoms. The van der Waals surface area contributed by atoms with E-state index in [1.54, 1.807) is 6.20 Å². The molecule has 2 unspecified atom stereocenters. The van der Waals surface area contributed by atoms with Gasteiger partial charge in [-0.1, -0.05) is 44.7 Å². The first kappa shape index (κ1) is 14.9. The minimum atomic E-state index is 0.00789. The van der Waals surface area contributed by atoms with Crippen LogP contribution in [-0.4, -0.2) is 20.9 Å². The third kappa shape index (κ3) is 2.27. The molecular formula is C18H25N3O. The zero-order valence-electron chi connectivity index (χ0n) is 13.4. The Morgan fingerprint density at radius 1 is 1.45 bits per heavy atom. The summed E-state index contributed by atoms with van der Waals surface area (Å²) in [6.07, 6.45) is 14.6. The van der Waals surface area contributed by atoms with Gasteiger partial charge in [0.05, 0.1) is 17.3 Å². The van der Waals surface area contributed by atoms with E-state index < -0.39 is 0 Å². The van der Waals surface area contributed by atoms with Gasteiger partial charge in [0.1, 0.15) is 11.6 Å². The van der Waals surface area contributed by atoms with Crippen molar-refractivity contribution < 1.29 is 5.11 Å². The monoisotopic (exact) mass is 299 g/mol. The lowest BCUT2D eigenvalue weighted by atomic mass is 9.78. The van der Waals surface area contributed by atoms with Crippen LogP contribution in [0, 0.1) is 5.92 Å². The molecule has 0 radical (unpaired) electrons. The van der Waals surface area contributed by atoms with Crippen LogP contribution < -0.4 is 5.32 Å². The number of hydrogen-bond acceptors (Lipinski definition) is 3. The van der Waals surface area contributed by atoms with E-state index in [-0.39, 0.29) is 11.3 Å². The Labute approximate surface area is 132 Å². The predicted octanol–water partition coefficient (Wildman–Crippen LogP) is 4.24. The summed E-state index contributed by atoms with van der Waals surface area (Å²) in [5.74, 6) is 1.47. The minimum absolute atomic E-state index is 0.00789. The van der Waals surface area contributed by atoms with Gasteiger partial charge in [0.25, 0.3) is 0 Å². The van der Waals surface area contributed by atoms with Gasteiger partial charge in [-0.2, -0.15) is 5.10 Å². The fourth-order valence-electron chi connectivity index (χ4n) is 3.78. The Kier molecular flexibility index (Phi) is 3.85. The molecule has 2 atom stereocenters. The molecule has 0 fully saturated rings. The van der Waals surface area contributed by atoms with Crippen molar-refractivity contribution in [3.8, 4) is 0 Å². The van der Waals surface area contributed by atoms with Crippen LogP contribution in [0.25, 0.3) is 5.76 Å². The lowest BCUT2D eigenvalue weighted by Gasteiger charge is -2.44. The first-order valence-electron chi connectivity index (χ1n) is 8.18. The molecule has 22 heavy (non-hydrogen) atoms. The minimum Gasteiger partial charge on any atom is -0.508 e. The second-order valence-corrected chi connectivity index (χ2v) is 6.36. The Hall–Kier alpha value is -1.97. The summed E-state index contributed by atoms with van der Waals surface area (Å²) in [5, 5.41) is 18.0. The van der Waals surface area contributed by atoms with Crippen LogP contribution in [0.5, 0.6) is 0 Å². The van der Waals surface area contributed by atoms with E-state index >= 15 is 0 Å². The summed E-state index contributed by atoms with van der Waals surface area (Å²) in [6, 6.07) is 0.350. The summed E-state index contributed by atoms with van der Waals surface area (Å²) >= 11 is 0. The van der Waals surface area contributed by atoms with Gasteiger partial charge in [0.2, 0.25) is 0 Å². The van der Waals surface area contributed by atoms with E-state index in [1.807, 2.05) is 0 Å². The number of allylic oxidation sites excluding steroid dienone is 3. The summed E-state index contributed by atoms with van der Waals surface area (Å²) in [6.45, 7) is 8.13. The first-order valence-corrected chi connectivity index (χ1v) is 8.18. The molecule has 118 valence electrons. The van der Waals surface area contributed by atoms with Crippen molar-refractivity contribution >= 4 is 11.6 Å². The summed E-state index contributed by atoms with van der Waals surface area (Å²) in [7, 11) is 0. The number of hydrogen-bond donors (Lipinski definition) is 2. The highest BCUT2D eigenvalue weighted by Crippen LogP contribution is 2.42. The molecule has 4 heteroatoms. The predicted molar refractivity (Wildman–Crippen MR) is 90.9 cm³/mol. The highest BCUT2D eigenvalue weighted by Gasteiger charge is 2.41. The molecule has 0 spiro atoms. The van der Waals surface area contributed by atoms with Gasteiger partial charge in [0.15, 0.2) is 0 Å². The molecule has 0 saturated carbocycles. The molecule has 2 heterocycles. The maximum atomic E-state index is 9.87. The third-order valence-electron chi connectivity index (χ3n) is 5.30. The molecule has 0 amide bonds. The van der Waals surface area contributed by atoms with E-state index in [2.05, 4.69) is 59.8 Å². The molecule has 3 rings (SSSR count). The van der Waals surface area contributed by atoms with E-state index in [1.165, 1.54) is 0 Å². The first-order chi connectivity index (χ1) is 10.6. The summed E-state index contributed by atoms with van der Waals surface area (Å²) in [5.41, 5.74) is 0.722. The number of nitrogens with one attached hydrogen (secondary N) is 1. The van der Waals surface area contributed by atoms with Crippen LogP contribution in [0.15, 0.2) is 37.1 Å². The fourth-order valence-corrected chi connectivity index (χ4v) is 3.78. The SMILES string of the molecule is C=C(O)c1cnn2c1NC(C1C=CC=CC1)CC2(CC)CC. The Morgan fingerprint density at radius 2 is 2.23 bits per heavy atom. The molecule has 4 nitrogen and oxygen atoms in total. The topological polar surface area (TPSA) is 50.1 Å². The average Bonchev–Trinajstić information content (AvgIpc) is 2.99. The lowest BCUT2D eigenvalue weighted by molar-refractivity contribution is 0.179. The molecule has 0 saturated heterocycles. The standard InChI is InChI=1S/C18H25N3O/c1-4-18(5-2)11-16(14-9-7-6-8-10-14)20-17-15(13(3)22)12-19-21(17)18/h6-9,12,14,16,20,22H,3-5,10-11H2,1-2H3. The number of fused-ring (bicyclic) bond motifs is 1. The van der Waals surface area contributed by atoms with E-state index in [9.17, 15) is 5.11 Å². The van der Waals surface area contributed by atoms with Crippen molar-refractivity contribution in [1.29, 1.82) is 0 Å². The van der Waals surface area contributed by atoms with Gasteiger partial charge in [0, 0.05) is 12.0 Å². The van der Waals surface area contributed by atoms with Crippen LogP contribution in [0.4, 0.5) is 5.82 Å². The highest BCUT2D eigenvalue weighted by atomic mass is 16.3. The van der Waals surface area contributed by atoms with Crippen LogP contribution in [0.1, 0.15) is 45.1 Å². The van der Waals surface area contributed by atoms with Gasteiger partial charge in [-0.05, 0) is 25.7 Å². The third-order valence-corrected chi connectivity index (χ3v) is 5.30. The Morgan fingerprint density at radius 3 is 2.82 bits per heavy atom. The van der Waals surface area contributed by atoms with Gasteiger partial charge in [-0.15, -0.1) is 0 Å². The smallest absolute Gasteiger partial charge is 0.136 e. The number of anilines is 1. The second-order valence-electron chi connectivity index (χ2n) is 6.36. The molecule has 1 aliphatic carbocycles. The number of aliphatic hydroxyl groups is 1. The molecule has 1 aliphatic heterocycles. The number of aromatic nitrogens is 2. The molecule has 2 aliphatic rings. The molecular weight excluding hydrogens is 274 g/mol. The van der Waals surface area contributed by atoms with Crippen LogP contribution >= 0.6 is 0 Å². The van der Waals surface area contributed by atoms with Crippen molar-refractivity contribution in [1.82, 2.24) is 9.78 Å². The lowest BCUT2D eigenvalue weighted by Crippen LogP contribution is -2.47. The van der Waals surface area contributed by atoms with E-state index in [4.69, 9.17) is 0 Å². The number of nitrogens with zero attached hydrogens (tertiary/aromatic N) is 2. The van der Waals surface area contributed by atoms with Gasteiger partial charge < -0.3 is 10.4 Å². The van der Waals surface area contributed by atoms with Crippen molar-refractivity contribution in [3.63, 3.8) is 0 Å². The van der Waals surface area contributed by atoms with Crippen LogP contribution in [0.2, 0.25) is 0 Å². The van der Waals surface area contributed by atoms with Crippen molar-refractivity contribution in [2.45, 2.75) is 51.1 Å². The zero-order chi connectivity index (χ0) is 15.7. The molecule has 1 aromatic rings. The van der Waals surface area contributed by atoms with Crippen molar-refractivity contribution in [2.75, 3.05) is 5.32 Å². The maximum Gasteiger partial charge on any atom is 0.136 e. The normalized spacial score (nSPS) is 25.5. The van der Waals surface area contributed by atoms with Gasteiger partial charge >= 0.3 is 0 Å². The number of aliphatic hydroxyl groups excluding tert-OH is 1. The molecule has 2 N–H and O–H groups in total. The Bertz CT molecular complexity index is 622. The maximum absolute atomic E-state index is 9.87. The van der Waals surface area contributed by atoms with Crippen molar-refractivity contribution in [3.05, 3.63) is 42.6 Å². The average molecular weight is 299 g/mol. The summed E-state index contributed by atoms with van der Waals surface area (Å²) in [4.78, 5) is 0. The number of rotatable bonds is 4. The van der Waals surface area contributed by atoms with Crippen LogP contribution in [-0.2, 0) is 5.54 Å². The van der Waals surface area contributed by atoms with E-state index in [0.29, 0.717) is 17.5 Å². The van der Waals surface area contributed by atoms with E-state index in [0.717, 1.165) is 31.5 Å². The zero-order valence-corrected chi connectivity index (χ0v) is 13.4. The second kappa shape index (κ2) is 5.67. The quantitative estimate of drug-likeness (QED) is 0.817. The highest BCUT2D eigenvalue weighted by molar-refractivity contribution is 5.68. The Balaban J connectivity index is 2.02. The molecule has 1 aromatic heterocycles. The largest absolute Gasteiger partial charge is 0.508 e. The van der Waals surface area contributed by atoms with Gasteiger partial charge in [-0.3, -0.25) is 0 Å². The van der Waals surface area contributed by atoms with Crippen molar-refractivity contribution in [2.24, 2.45) is 5.92 Å². The van der Waals surface area contributed by atoms with Gasteiger partial charge in [-0.25, -0.2) is 4.68 Å².